The Labute approximate surface area is 117 Å². The molecule has 0 saturated heterocycles. The minimum atomic E-state index is -0.364. The summed E-state index contributed by atoms with van der Waals surface area (Å²) in [5.41, 5.74) is 10.0. The highest BCUT2D eigenvalue weighted by Crippen LogP contribution is 2.32. The molecule has 18 heavy (non-hydrogen) atoms. The number of rotatable bonds is 2. The molecule has 0 bridgehead atoms. The minimum Gasteiger partial charge on any atom is -0.319 e. The third-order valence-electron chi connectivity index (χ3n) is 2.87. The zero-order chi connectivity index (χ0) is 13.3. The van der Waals surface area contributed by atoms with Crippen molar-refractivity contribution in [1.82, 2.24) is 4.98 Å². The third kappa shape index (κ3) is 2.51. The molecule has 0 aliphatic carbocycles. The summed E-state index contributed by atoms with van der Waals surface area (Å²) in [5, 5.41) is 1.00. The number of aromatic nitrogens is 1. The predicted octanol–water partition coefficient (Wildman–Crippen LogP) is 4.05. The van der Waals surface area contributed by atoms with E-state index in [2.05, 4.69) is 11.1 Å². The molecule has 0 spiro atoms. The van der Waals surface area contributed by atoms with E-state index in [4.69, 9.17) is 28.9 Å². The van der Waals surface area contributed by atoms with Gasteiger partial charge in [0.25, 0.3) is 0 Å². The lowest BCUT2D eigenvalue weighted by Crippen LogP contribution is -2.15. The second-order valence-electron chi connectivity index (χ2n) is 4.34. The lowest BCUT2D eigenvalue weighted by molar-refractivity contribution is 0.816. The van der Waals surface area contributed by atoms with Crippen LogP contribution < -0.4 is 5.73 Å². The standard InChI is InChI=1S/C14H14Cl2N2/c1-8-6-9(2)14(18-7-8)13(17)10-4-3-5-11(15)12(10)16/h3-7,13H,17H2,1-2H3. The zero-order valence-electron chi connectivity index (χ0n) is 10.2. The Bertz CT molecular complexity index is 582. The molecule has 2 N–H and O–H groups in total. The lowest BCUT2D eigenvalue weighted by Gasteiger charge is -2.16. The fourth-order valence-corrected chi connectivity index (χ4v) is 2.38. The fraction of sp³-hybridized carbons (Fsp3) is 0.214. The maximum absolute atomic E-state index is 6.23. The molecule has 0 radical (unpaired) electrons. The maximum Gasteiger partial charge on any atom is 0.0744 e. The van der Waals surface area contributed by atoms with Crippen LogP contribution in [-0.2, 0) is 0 Å². The van der Waals surface area contributed by atoms with Crippen molar-refractivity contribution in [1.29, 1.82) is 0 Å². The second kappa shape index (κ2) is 5.27. The molecule has 2 aromatic rings. The number of pyridine rings is 1. The van der Waals surface area contributed by atoms with Crippen LogP contribution in [0.5, 0.6) is 0 Å². The van der Waals surface area contributed by atoms with Gasteiger partial charge in [-0.25, -0.2) is 0 Å². The van der Waals surface area contributed by atoms with Crippen molar-refractivity contribution in [2.75, 3.05) is 0 Å². The van der Waals surface area contributed by atoms with Crippen molar-refractivity contribution in [3.8, 4) is 0 Å². The van der Waals surface area contributed by atoms with Crippen molar-refractivity contribution >= 4 is 23.2 Å². The van der Waals surface area contributed by atoms with Crippen LogP contribution in [0, 0.1) is 13.8 Å². The summed E-state index contributed by atoms with van der Waals surface area (Å²) in [6, 6.07) is 7.15. The SMILES string of the molecule is Cc1cnc(C(N)c2cccc(Cl)c2Cl)c(C)c1. The van der Waals surface area contributed by atoms with Gasteiger partial charge >= 0.3 is 0 Å². The van der Waals surface area contributed by atoms with Gasteiger partial charge in [-0.3, -0.25) is 4.98 Å². The minimum absolute atomic E-state index is 0.364. The molecule has 1 atom stereocenters. The largest absolute Gasteiger partial charge is 0.319 e. The summed E-state index contributed by atoms with van der Waals surface area (Å²) in [6.07, 6.45) is 1.81. The zero-order valence-corrected chi connectivity index (χ0v) is 11.8. The number of hydrogen-bond donors (Lipinski definition) is 1. The molecule has 1 unspecified atom stereocenters. The smallest absolute Gasteiger partial charge is 0.0744 e. The molecule has 0 aliphatic heterocycles. The second-order valence-corrected chi connectivity index (χ2v) is 5.12. The number of nitrogens with zero attached hydrogens (tertiary/aromatic N) is 1. The molecular formula is C14H14Cl2N2. The Morgan fingerprint density at radius 3 is 2.61 bits per heavy atom. The van der Waals surface area contributed by atoms with Crippen molar-refractivity contribution in [2.24, 2.45) is 5.73 Å². The Kier molecular flexibility index (Phi) is 3.91. The van der Waals surface area contributed by atoms with E-state index in [1.807, 2.05) is 26.0 Å². The normalized spacial score (nSPS) is 12.5. The maximum atomic E-state index is 6.23. The van der Waals surface area contributed by atoms with Gasteiger partial charge in [-0.15, -0.1) is 0 Å². The number of nitrogens with two attached hydrogens (primary N) is 1. The summed E-state index contributed by atoms with van der Waals surface area (Å²) in [6.45, 7) is 4.00. The van der Waals surface area contributed by atoms with Crippen LogP contribution in [0.3, 0.4) is 0 Å². The lowest BCUT2D eigenvalue weighted by atomic mass is 10.00. The summed E-state index contributed by atoms with van der Waals surface area (Å²) in [7, 11) is 0. The van der Waals surface area contributed by atoms with Crippen LogP contribution in [0.15, 0.2) is 30.5 Å². The molecule has 1 heterocycles. The summed E-state index contributed by atoms with van der Waals surface area (Å²) >= 11 is 12.2. The number of benzene rings is 1. The Balaban J connectivity index is 2.48. The first-order valence-electron chi connectivity index (χ1n) is 5.63. The van der Waals surface area contributed by atoms with Crippen molar-refractivity contribution in [3.63, 3.8) is 0 Å². The summed E-state index contributed by atoms with van der Waals surface area (Å²) < 4.78 is 0. The van der Waals surface area contributed by atoms with Gasteiger partial charge in [0.1, 0.15) is 0 Å². The van der Waals surface area contributed by atoms with E-state index >= 15 is 0 Å². The van der Waals surface area contributed by atoms with Crippen molar-refractivity contribution < 1.29 is 0 Å². The molecule has 0 saturated carbocycles. The molecule has 0 aliphatic rings. The van der Waals surface area contributed by atoms with Gasteiger partial charge in [0.15, 0.2) is 0 Å². The Hall–Kier alpha value is -1.09. The molecule has 1 aromatic carbocycles. The highest BCUT2D eigenvalue weighted by molar-refractivity contribution is 6.42. The molecule has 0 fully saturated rings. The molecule has 94 valence electrons. The van der Waals surface area contributed by atoms with E-state index in [0.29, 0.717) is 10.0 Å². The highest BCUT2D eigenvalue weighted by Gasteiger charge is 2.17. The van der Waals surface area contributed by atoms with E-state index < -0.39 is 0 Å². The number of hydrogen-bond acceptors (Lipinski definition) is 2. The van der Waals surface area contributed by atoms with E-state index in [1.54, 1.807) is 12.3 Å². The van der Waals surface area contributed by atoms with Gasteiger partial charge in [-0.1, -0.05) is 41.4 Å². The summed E-state index contributed by atoms with van der Waals surface area (Å²) in [4.78, 5) is 4.40. The molecule has 2 rings (SSSR count). The van der Waals surface area contributed by atoms with Crippen LogP contribution in [-0.4, -0.2) is 4.98 Å². The number of halogens is 2. The van der Waals surface area contributed by atoms with Gasteiger partial charge in [0.05, 0.1) is 21.8 Å². The van der Waals surface area contributed by atoms with E-state index in [9.17, 15) is 0 Å². The van der Waals surface area contributed by atoms with Gasteiger partial charge in [0, 0.05) is 6.20 Å². The van der Waals surface area contributed by atoms with Gasteiger partial charge in [-0.05, 0) is 36.6 Å². The highest BCUT2D eigenvalue weighted by atomic mass is 35.5. The molecule has 4 heteroatoms. The Morgan fingerprint density at radius 2 is 1.94 bits per heavy atom. The van der Waals surface area contributed by atoms with Crippen LogP contribution in [0.4, 0.5) is 0 Å². The summed E-state index contributed by atoms with van der Waals surface area (Å²) in [5.74, 6) is 0. The first-order valence-corrected chi connectivity index (χ1v) is 6.39. The van der Waals surface area contributed by atoms with Crippen LogP contribution in [0.2, 0.25) is 10.0 Å². The van der Waals surface area contributed by atoms with E-state index in [-0.39, 0.29) is 6.04 Å². The van der Waals surface area contributed by atoms with Gasteiger partial charge < -0.3 is 5.73 Å². The molecule has 0 amide bonds. The average molecular weight is 281 g/mol. The van der Waals surface area contributed by atoms with Crippen molar-refractivity contribution in [2.45, 2.75) is 19.9 Å². The topological polar surface area (TPSA) is 38.9 Å². The number of aryl methyl sites for hydroxylation is 2. The van der Waals surface area contributed by atoms with E-state index in [0.717, 1.165) is 22.4 Å². The molecule has 1 aromatic heterocycles. The molecular weight excluding hydrogens is 267 g/mol. The first-order chi connectivity index (χ1) is 8.50. The van der Waals surface area contributed by atoms with E-state index in [1.165, 1.54) is 0 Å². The van der Waals surface area contributed by atoms with Crippen molar-refractivity contribution in [3.05, 3.63) is 62.9 Å². The van der Waals surface area contributed by atoms with Crippen LogP contribution in [0.25, 0.3) is 0 Å². The fourth-order valence-electron chi connectivity index (χ4n) is 1.96. The van der Waals surface area contributed by atoms with Gasteiger partial charge in [0.2, 0.25) is 0 Å². The first kappa shape index (κ1) is 13.3. The quantitative estimate of drug-likeness (QED) is 0.901. The van der Waals surface area contributed by atoms with Gasteiger partial charge in [-0.2, -0.15) is 0 Å². The van der Waals surface area contributed by atoms with Crippen LogP contribution in [0.1, 0.15) is 28.4 Å². The molecule has 2 nitrogen and oxygen atoms in total. The average Bonchev–Trinajstić information content (AvgIpc) is 2.32. The predicted molar refractivity (Wildman–Crippen MR) is 76.2 cm³/mol. The Morgan fingerprint density at radius 1 is 1.22 bits per heavy atom. The van der Waals surface area contributed by atoms with Crippen LogP contribution >= 0.6 is 23.2 Å². The monoisotopic (exact) mass is 280 g/mol. The third-order valence-corrected chi connectivity index (χ3v) is 3.70.